The van der Waals surface area contributed by atoms with Crippen LogP contribution in [0.25, 0.3) is 10.8 Å². The molecule has 1 N–H and O–H groups in total. The Bertz CT molecular complexity index is 652. The Balaban J connectivity index is 2.01. The summed E-state index contributed by atoms with van der Waals surface area (Å²) >= 11 is 0. The highest BCUT2D eigenvalue weighted by Crippen LogP contribution is 2.44. The highest BCUT2D eigenvalue weighted by atomic mass is 16.3. The molecule has 0 heterocycles. The van der Waals surface area contributed by atoms with Crippen molar-refractivity contribution >= 4 is 16.6 Å². The summed E-state index contributed by atoms with van der Waals surface area (Å²) in [5.41, 5.74) is 0.881. The maximum absolute atomic E-state index is 12.2. The first-order valence-corrected chi connectivity index (χ1v) is 7.16. The van der Waals surface area contributed by atoms with Crippen molar-refractivity contribution in [1.82, 2.24) is 0 Å². The average molecular weight is 268 g/mol. The third kappa shape index (κ3) is 2.25. The molecule has 2 nitrogen and oxygen atoms in total. The lowest BCUT2D eigenvalue weighted by atomic mass is 9.86. The van der Waals surface area contributed by atoms with Crippen LogP contribution in [0.15, 0.2) is 42.5 Å². The molecule has 2 aromatic rings. The fourth-order valence-electron chi connectivity index (χ4n) is 3.40. The molecule has 0 bridgehead atoms. The number of rotatable bonds is 2. The van der Waals surface area contributed by atoms with Crippen molar-refractivity contribution in [3.63, 3.8) is 0 Å². The van der Waals surface area contributed by atoms with Gasteiger partial charge in [-0.3, -0.25) is 4.79 Å². The maximum atomic E-state index is 12.2. The Labute approximate surface area is 119 Å². The number of hydrogen-bond acceptors (Lipinski definition) is 2. The van der Waals surface area contributed by atoms with Crippen molar-refractivity contribution in [2.75, 3.05) is 0 Å². The van der Waals surface area contributed by atoms with Crippen molar-refractivity contribution in [2.24, 2.45) is 11.3 Å². The number of hydrogen-bond donors (Lipinski definition) is 1. The molecule has 0 amide bonds. The highest BCUT2D eigenvalue weighted by molar-refractivity contribution is 5.88. The topological polar surface area (TPSA) is 37.3 Å². The Morgan fingerprint density at radius 2 is 1.85 bits per heavy atom. The summed E-state index contributed by atoms with van der Waals surface area (Å²) in [4.78, 5) is 12.2. The first-order valence-electron chi connectivity index (χ1n) is 7.16. The van der Waals surface area contributed by atoms with Gasteiger partial charge in [-0.1, -0.05) is 56.3 Å². The van der Waals surface area contributed by atoms with Gasteiger partial charge in [0.05, 0.1) is 6.10 Å². The van der Waals surface area contributed by atoms with Crippen molar-refractivity contribution in [2.45, 2.75) is 32.8 Å². The molecule has 104 valence electrons. The molecule has 1 aliphatic carbocycles. The van der Waals surface area contributed by atoms with E-state index in [4.69, 9.17) is 0 Å². The Morgan fingerprint density at radius 1 is 1.15 bits per heavy atom. The summed E-state index contributed by atoms with van der Waals surface area (Å²) < 4.78 is 0. The number of aliphatic hydroxyl groups is 1. The van der Waals surface area contributed by atoms with Crippen LogP contribution in [0, 0.1) is 11.3 Å². The van der Waals surface area contributed by atoms with Crippen molar-refractivity contribution < 1.29 is 9.90 Å². The molecule has 2 atom stereocenters. The van der Waals surface area contributed by atoms with Gasteiger partial charge in [-0.2, -0.15) is 0 Å². The predicted molar refractivity (Wildman–Crippen MR) is 80.4 cm³/mol. The fourth-order valence-corrected chi connectivity index (χ4v) is 3.40. The minimum absolute atomic E-state index is 0.00726. The van der Waals surface area contributed by atoms with E-state index < -0.39 is 6.10 Å². The molecule has 2 aromatic carbocycles. The monoisotopic (exact) mass is 268 g/mol. The molecule has 0 spiro atoms. The molecule has 0 saturated heterocycles. The van der Waals surface area contributed by atoms with Gasteiger partial charge in [-0.05, 0) is 28.2 Å². The summed E-state index contributed by atoms with van der Waals surface area (Å²) in [6.07, 6.45) is 0.630. The summed E-state index contributed by atoms with van der Waals surface area (Å²) in [6, 6.07) is 13.9. The number of fused-ring (bicyclic) bond motifs is 1. The summed E-state index contributed by atoms with van der Waals surface area (Å²) in [7, 11) is 0. The second kappa shape index (κ2) is 4.71. The molecular formula is C18H20O2. The van der Waals surface area contributed by atoms with E-state index in [1.807, 2.05) is 42.5 Å². The molecule has 1 aliphatic rings. The second-order valence-corrected chi connectivity index (χ2v) is 6.63. The van der Waals surface area contributed by atoms with Gasteiger partial charge < -0.3 is 5.11 Å². The van der Waals surface area contributed by atoms with E-state index in [1.165, 1.54) is 0 Å². The van der Waals surface area contributed by atoms with E-state index in [2.05, 4.69) is 13.8 Å². The molecule has 0 aromatic heterocycles. The third-order valence-electron chi connectivity index (χ3n) is 4.36. The fraction of sp³-hybridized carbons (Fsp3) is 0.389. The zero-order valence-corrected chi connectivity index (χ0v) is 12.0. The van der Waals surface area contributed by atoms with Crippen LogP contribution < -0.4 is 0 Å². The Hall–Kier alpha value is -1.67. The van der Waals surface area contributed by atoms with Gasteiger partial charge in [0.1, 0.15) is 5.78 Å². The average Bonchev–Trinajstić information content (AvgIpc) is 2.70. The lowest BCUT2D eigenvalue weighted by molar-refractivity contribution is -0.123. The highest BCUT2D eigenvalue weighted by Gasteiger charge is 2.42. The number of carbonyl (C=O) groups is 1. The van der Waals surface area contributed by atoms with Gasteiger partial charge >= 0.3 is 0 Å². The van der Waals surface area contributed by atoms with Crippen LogP contribution in [0.5, 0.6) is 0 Å². The molecule has 20 heavy (non-hydrogen) atoms. The van der Waals surface area contributed by atoms with Crippen LogP contribution in [-0.2, 0) is 4.79 Å². The van der Waals surface area contributed by atoms with Crippen LogP contribution in [-0.4, -0.2) is 10.9 Å². The van der Waals surface area contributed by atoms with Gasteiger partial charge in [0, 0.05) is 12.3 Å². The number of benzene rings is 2. The molecular weight excluding hydrogens is 248 g/mol. The van der Waals surface area contributed by atoms with Gasteiger partial charge in [0.25, 0.3) is 0 Å². The number of Topliss-reactive ketones (excluding diaryl/α,β-unsaturated/α-hetero) is 1. The van der Waals surface area contributed by atoms with E-state index in [0.29, 0.717) is 6.42 Å². The normalized spacial score (nSPS) is 23.1. The van der Waals surface area contributed by atoms with Gasteiger partial charge in [0.15, 0.2) is 0 Å². The summed E-state index contributed by atoms with van der Waals surface area (Å²) in [5, 5.41) is 12.8. The Morgan fingerprint density at radius 3 is 2.55 bits per heavy atom. The SMILES string of the molecule is CC1(C)CC(=O)[C@H]([C@@H](O)c2cccc3ccccc23)C1. The van der Waals surface area contributed by atoms with Gasteiger partial charge in [-0.25, -0.2) is 0 Å². The van der Waals surface area contributed by atoms with Crippen molar-refractivity contribution in [1.29, 1.82) is 0 Å². The van der Waals surface area contributed by atoms with Crippen LogP contribution in [0.3, 0.4) is 0 Å². The standard InChI is InChI=1S/C18H20O2/c1-18(2)10-15(16(19)11-18)17(20)14-9-5-7-12-6-3-4-8-13(12)14/h3-9,15,17,20H,10-11H2,1-2H3/t15-,17+/m1/s1. The second-order valence-electron chi connectivity index (χ2n) is 6.63. The molecule has 1 saturated carbocycles. The van der Waals surface area contributed by atoms with E-state index in [9.17, 15) is 9.90 Å². The minimum Gasteiger partial charge on any atom is -0.388 e. The number of carbonyl (C=O) groups excluding carboxylic acids is 1. The molecule has 2 heteroatoms. The lowest BCUT2D eigenvalue weighted by Gasteiger charge is -2.21. The first-order chi connectivity index (χ1) is 9.48. The predicted octanol–water partition coefficient (Wildman–Crippen LogP) is 3.88. The summed E-state index contributed by atoms with van der Waals surface area (Å²) in [6.45, 7) is 4.20. The smallest absolute Gasteiger partial charge is 0.139 e. The zero-order chi connectivity index (χ0) is 14.3. The molecule has 3 rings (SSSR count). The minimum atomic E-state index is -0.699. The first kappa shape index (κ1) is 13.3. The number of ketones is 1. The van der Waals surface area contributed by atoms with Crippen LogP contribution in [0.2, 0.25) is 0 Å². The van der Waals surface area contributed by atoms with E-state index in [-0.39, 0.29) is 17.1 Å². The largest absolute Gasteiger partial charge is 0.388 e. The van der Waals surface area contributed by atoms with E-state index in [0.717, 1.165) is 22.8 Å². The molecule has 0 aliphatic heterocycles. The van der Waals surface area contributed by atoms with Gasteiger partial charge in [-0.15, -0.1) is 0 Å². The maximum Gasteiger partial charge on any atom is 0.139 e. The van der Waals surface area contributed by atoms with Crippen LogP contribution in [0.4, 0.5) is 0 Å². The van der Waals surface area contributed by atoms with Crippen molar-refractivity contribution in [3.8, 4) is 0 Å². The summed E-state index contributed by atoms with van der Waals surface area (Å²) in [5.74, 6) is -0.0776. The quantitative estimate of drug-likeness (QED) is 0.897. The molecule has 0 radical (unpaired) electrons. The van der Waals surface area contributed by atoms with E-state index >= 15 is 0 Å². The number of aliphatic hydroxyl groups excluding tert-OH is 1. The van der Waals surface area contributed by atoms with Gasteiger partial charge in [0.2, 0.25) is 0 Å². The zero-order valence-electron chi connectivity index (χ0n) is 12.0. The van der Waals surface area contributed by atoms with Crippen LogP contribution >= 0.6 is 0 Å². The third-order valence-corrected chi connectivity index (χ3v) is 4.36. The molecule has 1 fully saturated rings. The van der Waals surface area contributed by atoms with Crippen LogP contribution in [0.1, 0.15) is 38.4 Å². The molecule has 0 unspecified atom stereocenters. The Kier molecular flexibility index (Phi) is 3.14. The lowest BCUT2D eigenvalue weighted by Crippen LogP contribution is -2.17. The van der Waals surface area contributed by atoms with E-state index in [1.54, 1.807) is 0 Å². The van der Waals surface area contributed by atoms with Crippen molar-refractivity contribution in [3.05, 3.63) is 48.0 Å².